The summed E-state index contributed by atoms with van der Waals surface area (Å²) < 4.78 is 26.2. The molecule has 6 nitrogen and oxygen atoms in total. The Balaban J connectivity index is 0.00000280. The number of nitrogens with zero attached hydrogens (tertiary/aromatic N) is 3. The third kappa shape index (κ3) is 4.24. The highest BCUT2D eigenvalue weighted by atomic mass is 79.9. The first-order valence-electron chi connectivity index (χ1n) is 8.11. The van der Waals surface area contributed by atoms with Gasteiger partial charge in [-0.15, -0.1) is 17.0 Å². The first-order chi connectivity index (χ1) is 12.7. The molecular formula is C18H21BrClN3O3S2. The van der Waals surface area contributed by atoms with Crippen molar-refractivity contribution in [1.29, 1.82) is 0 Å². The number of para-hydroxylation sites is 1. The highest BCUT2D eigenvalue weighted by molar-refractivity contribution is 8.93. The van der Waals surface area contributed by atoms with E-state index >= 15 is 0 Å². The summed E-state index contributed by atoms with van der Waals surface area (Å²) in [6, 6.07) is 14.0. The Hall–Kier alpha value is -1.10. The summed E-state index contributed by atoms with van der Waals surface area (Å²) in [7, 11) is 0.881. The molecule has 0 aliphatic carbocycles. The minimum absolute atomic E-state index is 0. The van der Waals surface area contributed by atoms with Crippen LogP contribution >= 0.6 is 40.3 Å². The molecule has 152 valence electrons. The predicted molar refractivity (Wildman–Crippen MR) is 120 cm³/mol. The van der Waals surface area contributed by atoms with Gasteiger partial charge in [-0.05, 0) is 24.3 Å². The third-order valence-corrected chi connectivity index (χ3v) is 7.84. The zero-order valence-electron chi connectivity index (χ0n) is 15.5. The highest BCUT2D eigenvalue weighted by Crippen LogP contribution is 2.40. The van der Waals surface area contributed by atoms with Crippen molar-refractivity contribution in [3.05, 3.63) is 59.1 Å². The van der Waals surface area contributed by atoms with Gasteiger partial charge in [-0.25, -0.2) is 17.7 Å². The molecule has 0 spiro atoms. The standard InChI is InChI=1S/C18H20ClN3O3S2.BrH/c1-21(2)27(24,25)16-11-13(9-10-15(16)19)18(23)12-26-17(22(18)3)20-14-7-5-4-6-8-14;/h4-11,23H,12H2,1-3H3;1H/b20-17+;. The summed E-state index contributed by atoms with van der Waals surface area (Å²) in [5.74, 6) is 0.318. The quantitative estimate of drug-likeness (QED) is 0.685. The topological polar surface area (TPSA) is 73.2 Å². The second-order valence-electron chi connectivity index (χ2n) is 6.33. The molecule has 1 aliphatic rings. The first kappa shape index (κ1) is 23.2. The molecule has 1 N–H and O–H groups in total. The number of amidine groups is 1. The molecule has 1 heterocycles. The Labute approximate surface area is 185 Å². The summed E-state index contributed by atoms with van der Waals surface area (Å²) >= 11 is 7.52. The van der Waals surface area contributed by atoms with Crippen LogP contribution in [0.5, 0.6) is 0 Å². The van der Waals surface area contributed by atoms with Gasteiger partial charge in [-0.2, -0.15) is 0 Å². The van der Waals surface area contributed by atoms with Crippen molar-refractivity contribution in [2.45, 2.75) is 10.6 Å². The Morgan fingerprint density at radius 2 is 1.86 bits per heavy atom. The van der Waals surface area contributed by atoms with E-state index in [0.29, 0.717) is 16.5 Å². The zero-order chi connectivity index (χ0) is 19.8. The van der Waals surface area contributed by atoms with E-state index in [0.717, 1.165) is 9.99 Å². The van der Waals surface area contributed by atoms with Crippen LogP contribution in [-0.4, -0.2) is 54.8 Å². The third-order valence-electron chi connectivity index (χ3n) is 4.38. The van der Waals surface area contributed by atoms with E-state index in [1.54, 1.807) is 18.0 Å². The first-order valence-corrected chi connectivity index (χ1v) is 10.9. The summed E-state index contributed by atoms with van der Waals surface area (Å²) in [6.45, 7) is 0. The second-order valence-corrected chi connectivity index (χ2v) is 9.80. The number of aliphatic hydroxyl groups is 1. The smallest absolute Gasteiger partial charge is 0.244 e. The van der Waals surface area contributed by atoms with Gasteiger partial charge < -0.3 is 10.0 Å². The van der Waals surface area contributed by atoms with Gasteiger partial charge >= 0.3 is 0 Å². The van der Waals surface area contributed by atoms with E-state index in [4.69, 9.17) is 11.6 Å². The summed E-state index contributed by atoms with van der Waals surface area (Å²) in [6.07, 6.45) is 0. The van der Waals surface area contributed by atoms with E-state index in [1.165, 1.54) is 38.0 Å². The number of halogens is 2. The van der Waals surface area contributed by atoms with Gasteiger partial charge in [0.2, 0.25) is 10.0 Å². The molecule has 1 atom stereocenters. The lowest BCUT2D eigenvalue weighted by atomic mass is 10.0. The van der Waals surface area contributed by atoms with Crippen molar-refractivity contribution in [2.75, 3.05) is 26.9 Å². The maximum atomic E-state index is 12.5. The molecule has 3 rings (SSSR count). The van der Waals surface area contributed by atoms with Gasteiger partial charge in [-0.1, -0.05) is 47.6 Å². The number of hydrogen-bond donors (Lipinski definition) is 1. The Kier molecular flexibility index (Phi) is 7.22. The lowest BCUT2D eigenvalue weighted by Gasteiger charge is -2.31. The number of benzene rings is 2. The van der Waals surface area contributed by atoms with E-state index in [9.17, 15) is 13.5 Å². The number of aliphatic imine (C=N–C) groups is 1. The largest absolute Gasteiger partial charge is 0.366 e. The molecule has 0 bridgehead atoms. The number of rotatable bonds is 4. The van der Waals surface area contributed by atoms with Crippen LogP contribution in [0.2, 0.25) is 5.02 Å². The molecule has 0 aromatic heterocycles. The second kappa shape index (κ2) is 8.73. The monoisotopic (exact) mass is 505 g/mol. The van der Waals surface area contributed by atoms with Crippen LogP contribution in [0.15, 0.2) is 58.4 Å². The van der Waals surface area contributed by atoms with Gasteiger partial charge in [-0.3, -0.25) is 0 Å². The van der Waals surface area contributed by atoms with E-state index < -0.39 is 15.7 Å². The van der Waals surface area contributed by atoms with Gasteiger partial charge in [0.1, 0.15) is 4.90 Å². The molecule has 2 aromatic rings. The fourth-order valence-corrected chi connectivity index (χ4v) is 5.26. The molecule has 0 amide bonds. The van der Waals surface area contributed by atoms with Crippen molar-refractivity contribution in [1.82, 2.24) is 9.21 Å². The summed E-state index contributed by atoms with van der Waals surface area (Å²) in [5, 5.41) is 12.0. The van der Waals surface area contributed by atoms with E-state index in [2.05, 4.69) is 4.99 Å². The van der Waals surface area contributed by atoms with Crippen molar-refractivity contribution in [2.24, 2.45) is 4.99 Å². The average Bonchev–Trinajstić information content (AvgIpc) is 2.92. The molecule has 1 saturated heterocycles. The van der Waals surface area contributed by atoms with Crippen LogP contribution in [0.4, 0.5) is 5.69 Å². The minimum Gasteiger partial charge on any atom is -0.366 e. The van der Waals surface area contributed by atoms with Crippen molar-refractivity contribution < 1.29 is 13.5 Å². The molecule has 1 unspecified atom stereocenters. The maximum absolute atomic E-state index is 12.5. The zero-order valence-corrected chi connectivity index (χ0v) is 19.6. The SMILES string of the molecule is Br.CN1/C(=N\c2ccccc2)SCC1(O)c1ccc(Cl)c(S(=O)(=O)N(C)C)c1. The van der Waals surface area contributed by atoms with Crippen LogP contribution in [-0.2, 0) is 15.7 Å². The molecule has 0 saturated carbocycles. The lowest BCUT2D eigenvalue weighted by Crippen LogP contribution is -2.42. The molecule has 10 heteroatoms. The minimum atomic E-state index is -3.73. The van der Waals surface area contributed by atoms with Crippen molar-refractivity contribution >= 4 is 61.2 Å². The molecule has 1 aliphatic heterocycles. The molecule has 28 heavy (non-hydrogen) atoms. The summed E-state index contributed by atoms with van der Waals surface area (Å²) in [5.41, 5.74) is -0.164. The average molecular weight is 507 g/mol. The predicted octanol–water partition coefficient (Wildman–Crippen LogP) is 3.68. The fraction of sp³-hybridized carbons (Fsp3) is 0.278. The van der Waals surface area contributed by atoms with Crippen LogP contribution in [0.25, 0.3) is 0 Å². The van der Waals surface area contributed by atoms with Gasteiger partial charge in [0.05, 0.1) is 16.5 Å². The molecule has 2 aromatic carbocycles. The number of thioether (sulfide) groups is 1. The number of sulfonamides is 1. The number of hydrogen-bond acceptors (Lipinski definition) is 5. The normalized spacial score (nSPS) is 21.2. The van der Waals surface area contributed by atoms with Gasteiger partial charge in [0.15, 0.2) is 10.9 Å². The van der Waals surface area contributed by atoms with Crippen LogP contribution < -0.4 is 0 Å². The lowest BCUT2D eigenvalue weighted by molar-refractivity contribution is -0.0349. The van der Waals surface area contributed by atoms with E-state index in [-0.39, 0.29) is 26.9 Å². The van der Waals surface area contributed by atoms with Crippen LogP contribution in [0.3, 0.4) is 0 Å². The van der Waals surface area contributed by atoms with E-state index in [1.807, 2.05) is 30.3 Å². The fourth-order valence-electron chi connectivity index (χ4n) is 2.66. The highest BCUT2D eigenvalue weighted by Gasteiger charge is 2.43. The van der Waals surface area contributed by atoms with Crippen molar-refractivity contribution in [3.8, 4) is 0 Å². The molecule has 1 fully saturated rings. The Bertz CT molecular complexity index is 987. The maximum Gasteiger partial charge on any atom is 0.244 e. The van der Waals surface area contributed by atoms with Crippen LogP contribution in [0.1, 0.15) is 5.56 Å². The molecule has 0 radical (unpaired) electrons. The van der Waals surface area contributed by atoms with Gasteiger partial charge in [0.25, 0.3) is 0 Å². The Morgan fingerprint density at radius 3 is 2.46 bits per heavy atom. The summed E-state index contributed by atoms with van der Waals surface area (Å²) in [4.78, 5) is 6.19. The van der Waals surface area contributed by atoms with Crippen LogP contribution in [0, 0.1) is 0 Å². The van der Waals surface area contributed by atoms with Gasteiger partial charge in [0, 0.05) is 26.7 Å². The Morgan fingerprint density at radius 1 is 1.21 bits per heavy atom. The van der Waals surface area contributed by atoms with Crippen molar-refractivity contribution in [3.63, 3.8) is 0 Å². The molecular weight excluding hydrogens is 486 g/mol.